The third-order valence-corrected chi connectivity index (χ3v) is 2.99. The van der Waals surface area contributed by atoms with Crippen molar-refractivity contribution >= 4 is 11.5 Å². The highest BCUT2D eigenvalue weighted by molar-refractivity contribution is 5.61. The Morgan fingerprint density at radius 2 is 2.41 bits per heavy atom. The number of aliphatic hydroxyl groups is 1. The maximum Gasteiger partial charge on any atom is 0.314 e. The molecule has 0 amide bonds. The molecule has 1 aliphatic heterocycles. The summed E-state index contributed by atoms with van der Waals surface area (Å²) in [5.74, 6) is 0.369. The summed E-state index contributed by atoms with van der Waals surface area (Å²) in [7, 11) is 0. The summed E-state index contributed by atoms with van der Waals surface area (Å²) in [6, 6.07) is 1.63. The van der Waals surface area contributed by atoms with E-state index in [-0.39, 0.29) is 5.69 Å². The summed E-state index contributed by atoms with van der Waals surface area (Å²) in [6.07, 6.45) is 2.72. The molecule has 1 fully saturated rings. The average molecular weight is 237 g/mol. The number of aromatic nitrogens is 1. The van der Waals surface area contributed by atoms with E-state index in [2.05, 4.69) is 4.98 Å². The van der Waals surface area contributed by atoms with Crippen LogP contribution >= 0.6 is 0 Å². The van der Waals surface area contributed by atoms with Gasteiger partial charge in [0.05, 0.1) is 11.0 Å². The highest BCUT2D eigenvalue weighted by atomic mass is 16.6. The average Bonchev–Trinajstić information content (AvgIpc) is 2.28. The van der Waals surface area contributed by atoms with Gasteiger partial charge in [0.1, 0.15) is 0 Å². The highest BCUT2D eigenvalue weighted by Gasteiger charge is 2.27. The smallest absolute Gasteiger partial charge is 0.314 e. The first-order valence-corrected chi connectivity index (χ1v) is 5.62. The molecule has 0 aliphatic carbocycles. The lowest BCUT2D eigenvalue weighted by molar-refractivity contribution is -0.384. The van der Waals surface area contributed by atoms with E-state index in [4.69, 9.17) is 0 Å². The Balaban J connectivity index is 2.37. The molecule has 1 unspecified atom stereocenters. The van der Waals surface area contributed by atoms with Gasteiger partial charge >= 0.3 is 5.69 Å². The molecule has 6 nitrogen and oxygen atoms in total. The molecule has 1 N–H and O–H groups in total. The number of aliphatic hydroxyl groups excluding tert-OH is 1. The molecule has 2 heterocycles. The van der Waals surface area contributed by atoms with Gasteiger partial charge in [-0.2, -0.15) is 0 Å². The van der Waals surface area contributed by atoms with Crippen LogP contribution in [0.1, 0.15) is 18.4 Å². The van der Waals surface area contributed by atoms with E-state index in [1.807, 2.05) is 0 Å². The first-order valence-electron chi connectivity index (χ1n) is 5.62. The van der Waals surface area contributed by atoms with Crippen molar-refractivity contribution in [1.82, 2.24) is 4.98 Å². The van der Waals surface area contributed by atoms with Crippen LogP contribution in [0.5, 0.6) is 0 Å². The van der Waals surface area contributed by atoms with E-state index in [0.29, 0.717) is 24.5 Å². The van der Waals surface area contributed by atoms with Crippen molar-refractivity contribution in [2.75, 3.05) is 18.0 Å². The van der Waals surface area contributed by atoms with Crippen LogP contribution in [-0.4, -0.2) is 34.2 Å². The first-order chi connectivity index (χ1) is 8.09. The van der Waals surface area contributed by atoms with Gasteiger partial charge in [-0.15, -0.1) is 0 Å². The zero-order valence-corrected chi connectivity index (χ0v) is 9.67. The Kier molecular flexibility index (Phi) is 3.23. The lowest BCUT2D eigenvalue weighted by Gasteiger charge is -2.30. The van der Waals surface area contributed by atoms with Crippen molar-refractivity contribution in [3.05, 3.63) is 27.9 Å². The molecule has 0 aromatic carbocycles. The Hall–Kier alpha value is -1.69. The number of pyridine rings is 1. The number of piperidine rings is 1. The van der Waals surface area contributed by atoms with Crippen molar-refractivity contribution in [3.8, 4) is 0 Å². The standard InChI is InChI=1S/C11H15N3O3/c1-8-4-5-12-11(10(8)14(16)17)13-6-2-3-9(15)7-13/h4-5,9,15H,2-3,6-7H2,1H3. The third-order valence-electron chi connectivity index (χ3n) is 2.99. The SMILES string of the molecule is Cc1ccnc(N2CCCC(O)C2)c1[N+](=O)[O-]. The predicted octanol–water partition coefficient (Wildman–Crippen LogP) is 1.26. The van der Waals surface area contributed by atoms with E-state index < -0.39 is 11.0 Å². The van der Waals surface area contributed by atoms with E-state index in [1.54, 1.807) is 24.1 Å². The molecule has 92 valence electrons. The first kappa shape index (κ1) is 11.8. The molecule has 0 saturated carbocycles. The van der Waals surface area contributed by atoms with Gasteiger partial charge in [-0.05, 0) is 25.8 Å². The van der Waals surface area contributed by atoms with Crippen molar-refractivity contribution in [2.45, 2.75) is 25.9 Å². The maximum atomic E-state index is 11.0. The molecule has 0 bridgehead atoms. The second-order valence-corrected chi connectivity index (χ2v) is 4.30. The molecule has 2 rings (SSSR count). The number of aryl methyl sites for hydroxylation is 1. The Bertz CT molecular complexity index is 436. The van der Waals surface area contributed by atoms with Gasteiger partial charge in [0.25, 0.3) is 0 Å². The molecule has 1 aromatic heterocycles. The minimum Gasteiger partial charge on any atom is -0.391 e. The fourth-order valence-corrected chi connectivity index (χ4v) is 2.14. The van der Waals surface area contributed by atoms with Gasteiger partial charge in [-0.3, -0.25) is 10.1 Å². The summed E-state index contributed by atoms with van der Waals surface area (Å²) in [4.78, 5) is 16.5. The van der Waals surface area contributed by atoms with Crippen LogP contribution in [0.4, 0.5) is 11.5 Å². The summed E-state index contributed by atoms with van der Waals surface area (Å²) in [5.41, 5.74) is 0.640. The summed E-state index contributed by atoms with van der Waals surface area (Å²) >= 11 is 0. The number of hydrogen-bond donors (Lipinski definition) is 1. The number of nitrogens with zero attached hydrogens (tertiary/aromatic N) is 3. The molecule has 1 saturated heterocycles. The van der Waals surface area contributed by atoms with Gasteiger partial charge in [-0.1, -0.05) is 0 Å². The van der Waals surface area contributed by atoms with Gasteiger partial charge in [-0.25, -0.2) is 4.98 Å². The lowest BCUT2D eigenvalue weighted by Crippen LogP contribution is -2.39. The molecular weight excluding hydrogens is 222 g/mol. The summed E-state index contributed by atoms with van der Waals surface area (Å²) < 4.78 is 0. The molecule has 17 heavy (non-hydrogen) atoms. The fraction of sp³-hybridized carbons (Fsp3) is 0.545. The largest absolute Gasteiger partial charge is 0.391 e. The monoisotopic (exact) mass is 237 g/mol. The van der Waals surface area contributed by atoms with E-state index >= 15 is 0 Å². The van der Waals surface area contributed by atoms with Gasteiger partial charge in [0.2, 0.25) is 5.82 Å². The van der Waals surface area contributed by atoms with Gasteiger partial charge < -0.3 is 10.0 Å². The fourth-order valence-electron chi connectivity index (χ4n) is 2.14. The topological polar surface area (TPSA) is 79.5 Å². The van der Waals surface area contributed by atoms with Crippen LogP contribution in [0, 0.1) is 17.0 Å². The maximum absolute atomic E-state index is 11.0. The molecule has 6 heteroatoms. The normalized spacial score (nSPS) is 20.4. The summed E-state index contributed by atoms with van der Waals surface area (Å²) in [6.45, 7) is 2.81. The van der Waals surface area contributed by atoms with Crippen LogP contribution in [0.3, 0.4) is 0 Å². The Morgan fingerprint density at radius 1 is 1.65 bits per heavy atom. The number of rotatable bonds is 2. The Labute approximate surface area is 99.0 Å². The molecule has 0 radical (unpaired) electrons. The second kappa shape index (κ2) is 4.67. The highest BCUT2D eigenvalue weighted by Crippen LogP contribution is 2.30. The number of β-amino-alcohol motifs (C(OH)–C–C–N with tert-alkyl or cyclic N) is 1. The van der Waals surface area contributed by atoms with Crippen molar-refractivity contribution in [2.24, 2.45) is 0 Å². The predicted molar refractivity (Wildman–Crippen MR) is 63.1 cm³/mol. The van der Waals surface area contributed by atoms with Crippen LogP contribution in [0.2, 0.25) is 0 Å². The number of nitro groups is 1. The number of hydrogen-bond acceptors (Lipinski definition) is 5. The summed E-state index contributed by atoms with van der Waals surface area (Å²) in [5, 5.41) is 20.6. The molecule has 1 aliphatic rings. The Morgan fingerprint density at radius 3 is 3.06 bits per heavy atom. The lowest BCUT2D eigenvalue weighted by atomic mass is 10.1. The minimum atomic E-state index is -0.425. The van der Waals surface area contributed by atoms with Crippen LogP contribution in [0.25, 0.3) is 0 Å². The van der Waals surface area contributed by atoms with Crippen LogP contribution < -0.4 is 4.90 Å². The van der Waals surface area contributed by atoms with Crippen LogP contribution in [0.15, 0.2) is 12.3 Å². The number of anilines is 1. The van der Waals surface area contributed by atoms with Crippen LogP contribution in [-0.2, 0) is 0 Å². The molecule has 1 aromatic rings. The minimum absolute atomic E-state index is 0.0431. The molecule has 1 atom stereocenters. The van der Waals surface area contributed by atoms with E-state index in [1.165, 1.54) is 0 Å². The second-order valence-electron chi connectivity index (χ2n) is 4.30. The zero-order chi connectivity index (χ0) is 12.4. The van der Waals surface area contributed by atoms with E-state index in [0.717, 1.165) is 12.8 Å². The third kappa shape index (κ3) is 2.36. The quantitative estimate of drug-likeness (QED) is 0.618. The van der Waals surface area contributed by atoms with Gasteiger partial charge in [0.15, 0.2) is 0 Å². The van der Waals surface area contributed by atoms with Crippen molar-refractivity contribution < 1.29 is 10.0 Å². The molecular formula is C11H15N3O3. The van der Waals surface area contributed by atoms with Crippen molar-refractivity contribution in [3.63, 3.8) is 0 Å². The zero-order valence-electron chi connectivity index (χ0n) is 9.67. The van der Waals surface area contributed by atoms with E-state index in [9.17, 15) is 15.2 Å². The van der Waals surface area contributed by atoms with Crippen molar-refractivity contribution in [1.29, 1.82) is 0 Å². The molecule has 0 spiro atoms. The van der Waals surface area contributed by atoms with Gasteiger partial charge in [0, 0.05) is 24.8 Å².